The van der Waals surface area contributed by atoms with E-state index in [1.54, 1.807) is 6.92 Å². The molecule has 28 heavy (non-hydrogen) atoms. The monoisotopic (exact) mass is 448 g/mol. The molecule has 1 aliphatic rings. The minimum atomic E-state index is -2.99. The third-order valence-electron chi connectivity index (χ3n) is 4.94. The molecule has 0 spiro atoms. The van der Waals surface area contributed by atoms with Crippen molar-refractivity contribution in [2.24, 2.45) is 5.92 Å². The van der Waals surface area contributed by atoms with E-state index in [1.807, 2.05) is 60.7 Å². The molecule has 1 heterocycles. The van der Waals surface area contributed by atoms with Gasteiger partial charge in [0.15, 0.2) is 0 Å². The average Bonchev–Trinajstić information content (AvgIpc) is 3.23. The molecule has 1 fully saturated rings. The molecule has 0 bridgehead atoms. The van der Waals surface area contributed by atoms with Crippen LogP contribution >= 0.6 is 7.29 Å². The number of hydrogen-bond acceptors (Lipinski definition) is 2. The van der Waals surface area contributed by atoms with Gasteiger partial charge in [0, 0.05) is 19.5 Å². The van der Waals surface area contributed by atoms with Crippen molar-refractivity contribution in [3.8, 4) is 0 Å². The smallest absolute Gasteiger partial charge is 0.0540 e. The second-order valence-corrected chi connectivity index (χ2v) is 9.60. The van der Waals surface area contributed by atoms with E-state index in [0.717, 1.165) is 30.2 Å². The topological polar surface area (TPSA) is 34.4 Å². The van der Waals surface area contributed by atoms with Gasteiger partial charge in [-0.2, -0.15) is 6.92 Å². The average molecular weight is 450 g/mol. The van der Waals surface area contributed by atoms with Crippen molar-refractivity contribution in [1.82, 2.24) is 4.90 Å². The maximum atomic E-state index is 14.1. The van der Waals surface area contributed by atoms with Crippen molar-refractivity contribution in [1.29, 1.82) is 0 Å². The summed E-state index contributed by atoms with van der Waals surface area (Å²) in [7, 11) is -2.99. The minimum absolute atomic E-state index is 0. The molecule has 1 aliphatic heterocycles. The third-order valence-corrected chi connectivity index (χ3v) is 7.55. The predicted octanol–water partition coefficient (Wildman–Crippen LogP) is 5.25. The van der Waals surface area contributed by atoms with Gasteiger partial charge in [-0.3, -0.25) is 0 Å². The molecular weight excluding hydrogens is 417 g/mol. The summed E-state index contributed by atoms with van der Waals surface area (Å²) in [5, 5.41) is 6.68. The van der Waals surface area contributed by atoms with Crippen LogP contribution in [0.25, 0.3) is 5.09 Å². The largest absolute Gasteiger partial charge is 0.591 e. The van der Waals surface area contributed by atoms with Gasteiger partial charge in [-0.25, -0.2) is 0 Å². The minimum Gasteiger partial charge on any atom is -0.591 e. The summed E-state index contributed by atoms with van der Waals surface area (Å²) in [6, 6.07) is 19.6. The van der Waals surface area contributed by atoms with Gasteiger partial charge in [-0.15, -0.1) is 6.04 Å². The van der Waals surface area contributed by atoms with E-state index in [4.69, 9.17) is 5.09 Å². The van der Waals surface area contributed by atoms with Crippen molar-refractivity contribution in [3.63, 3.8) is 0 Å². The van der Waals surface area contributed by atoms with Crippen LogP contribution in [0.2, 0.25) is 0 Å². The molecule has 0 saturated carbocycles. The van der Waals surface area contributed by atoms with Gasteiger partial charge in [0.2, 0.25) is 0 Å². The van der Waals surface area contributed by atoms with Gasteiger partial charge in [-0.1, -0.05) is 80.4 Å². The van der Waals surface area contributed by atoms with Crippen molar-refractivity contribution < 1.29 is 24.0 Å². The molecule has 1 atom stereocenters. The normalized spacial score (nSPS) is 15.5. The Morgan fingerprint density at radius 2 is 1.36 bits per heavy atom. The fourth-order valence-electron chi connectivity index (χ4n) is 3.36. The summed E-state index contributed by atoms with van der Waals surface area (Å²) >= 11 is 0. The molecule has 2 aromatic carbocycles. The van der Waals surface area contributed by atoms with Crippen LogP contribution in [0.1, 0.15) is 33.6 Å². The fourth-order valence-corrected chi connectivity index (χ4v) is 5.84. The predicted molar refractivity (Wildman–Crippen MR) is 118 cm³/mol. The van der Waals surface area contributed by atoms with Crippen LogP contribution < -0.4 is 10.6 Å². The molecule has 1 saturated heterocycles. The number of rotatable bonds is 7. The molecule has 2 aromatic rings. The summed E-state index contributed by atoms with van der Waals surface area (Å²) < 4.78 is 14.1. The van der Waals surface area contributed by atoms with Gasteiger partial charge in [-0.05, 0) is 43.1 Å². The van der Waals surface area contributed by atoms with Crippen molar-refractivity contribution in [3.05, 3.63) is 72.7 Å². The Kier molecular flexibility index (Phi) is 11.5. The zero-order valence-corrected chi connectivity index (χ0v) is 21.5. The number of benzene rings is 2. The third kappa shape index (κ3) is 6.63. The van der Waals surface area contributed by atoms with Gasteiger partial charge in [0.25, 0.3) is 0 Å². The van der Waals surface area contributed by atoms with E-state index in [9.17, 15) is 4.57 Å². The molecule has 0 aromatic heterocycles. The van der Waals surface area contributed by atoms with Gasteiger partial charge < -0.3 is 21.5 Å². The number of likely N-dealkylation sites (tertiary alicyclic amines) is 1. The zero-order valence-electron chi connectivity index (χ0n) is 17.6. The van der Waals surface area contributed by atoms with E-state index < -0.39 is 7.29 Å². The number of hydrogen-bond donors (Lipinski definition) is 0. The molecule has 3 nitrogen and oxygen atoms in total. The molecule has 0 amide bonds. The first-order chi connectivity index (χ1) is 13.1. The second-order valence-electron chi connectivity index (χ2n) is 7.18. The maximum absolute atomic E-state index is 14.1. The van der Waals surface area contributed by atoms with Crippen LogP contribution in [0, 0.1) is 12.8 Å². The SMILES string of the molecule is CC(C)[C@@H](CN1CCCC1)[N-]P(=O)(c1ccccc1)c1ccccc1.[CH2-]C.[Zn]. The summed E-state index contributed by atoms with van der Waals surface area (Å²) in [5.74, 6) is 0.362. The van der Waals surface area contributed by atoms with Crippen LogP contribution in [0.3, 0.4) is 0 Å². The van der Waals surface area contributed by atoms with E-state index in [1.165, 1.54) is 12.8 Å². The van der Waals surface area contributed by atoms with Crippen LogP contribution in [0.15, 0.2) is 60.7 Å². The molecule has 0 unspecified atom stereocenters. The first-order valence-electron chi connectivity index (χ1n) is 9.96. The Labute approximate surface area is 184 Å². The van der Waals surface area contributed by atoms with Crippen LogP contribution in [0.4, 0.5) is 0 Å². The molecule has 150 valence electrons. The molecule has 3 rings (SSSR count). The van der Waals surface area contributed by atoms with Gasteiger partial charge >= 0.3 is 0 Å². The number of nitrogens with zero attached hydrogens (tertiary/aromatic N) is 2. The van der Waals surface area contributed by atoms with E-state index >= 15 is 0 Å². The van der Waals surface area contributed by atoms with Crippen molar-refractivity contribution in [2.45, 2.75) is 39.7 Å². The molecule has 5 heteroatoms. The molecule has 0 N–H and O–H groups in total. The first-order valence-corrected chi connectivity index (χ1v) is 11.6. The van der Waals surface area contributed by atoms with Gasteiger partial charge in [0.1, 0.15) is 0 Å². The van der Waals surface area contributed by atoms with Crippen LogP contribution in [-0.4, -0.2) is 30.6 Å². The van der Waals surface area contributed by atoms with Gasteiger partial charge in [0.05, 0.1) is 7.29 Å². The van der Waals surface area contributed by atoms with Crippen LogP contribution in [-0.2, 0) is 24.0 Å². The Morgan fingerprint density at radius 1 is 0.929 bits per heavy atom. The second kappa shape index (κ2) is 12.7. The maximum Gasteiger partial charge on any atom is 0.0540 e. The summed E-state index contributed by atoms with van der Waals surface area (Å²) in [4.78, 5) is 2.47. The standard InChI is InChI=1S/C21H28N2OP.C2H5.Zn/c1-18(2)21(17-23-15-9-10-16-23)22-25(24,19-11-5-3-6-12-19)20-13-7-4-8-14-20;1-2;/h3-8,11-14,18,21H,9-10,15-17H2,1-2H3;1H2,2H3;/q2*-1;/t21-;;/m1../s1. The first kappa shape index (κ1) is 25.3. The zero-order chi connectivity index (χ0) is 19.7. The summed E-state index contributed by atoms with van der Waals surface area (Å²) in [6.07, 6.45) is 2.53. The molecule has 0 aliphatic carbocycles. The van der Waals surface area contributed by atoms with Crippen LogP contribution in [0.5, 0.6) is 0 Å². The van der Waals surface area contributed by atoms with E-state index in [0.29, 0.717) is 5.92 Å². The van der Waals surface area contributed by atoms with E-state index in [-0.39, 0.29) is 25.5 Å². The Hall–Kier alpha value is -0.787. The Morgan fingerprint density at radius 3 is 1.75 bits per heavy atom. The van der Waals surface area contributed by atoms with Crippen molar-refractivity contribution >= 4 is 17.9 Å². The summed E-state index contributed by atoms with van der Waals surface area (Å²) in [6.45, 7) is 12.6. The Bertz CT molecular complexity index is 660. The van der Waals surface area contributed by atoms with E-state index in [2.05, 4.69) is 25.7 Å². The quantitative estimate of drug-likeness (QED) is 0.329. The fraction of sp³-hybridized carbons (Fsp3) is 0.435. The Balaban J connectivity index is 0.00000127. The molecular formula is C23H33N2OPZn-2. The summed E-state index contributed by atoms with van der Waals surface area (Å²) in [5.41, 5.74) is 0. The molecule has 0 radical (unpaired) electrons. The van der Waals surface area contributed by atoms with Crippen molar-refractivity contribution in [2.75, 3.05) is 19.6 Å².